The Kier molecular flexibility index (Phi) is 3.95. The third-order valence-corrected chi connectivity index (χ3v) is 4.47. The molecule has 0 spiro atoms. The summed E-state index contributed by atoms with van der Waals surface area (Å²) in [7, 11) is 0. The lowest BCUT2D eigenvalue weighted by atomic mass is 10.1. The first-order valence-corrected chi connectivity index (χ1v) is 7.67. The molecule has 9 heteroatoms. The van der Waals surface area contributed by atoms with Gasteiger partial charge < -0.3 is 11.1 Å². The molecule has 3 aromatic rings. The van der Waals surface area contributed by atoms with Crippen LogP contribution in [0.25, 0.3) is 10.4 Å². The third-order valence-electron chi connectivity index (χ3n) is 2.62. The second kappa shape index (κ2) is 5.73. The van der Waals surface area contributed by atoms with Crippen molar-refractivity contribution < 1.29 is 0 Å². The molecule has 1 aromatic carbocycles. The van der Waals surface area contributed by atoms with Crippen molar-refractivity contribution in [2.75, 3.05) is 11.1 Å². The largest absolute Gasteiger partial charge is 0.368 e. The molecule has 3 rings (SSSR count). The van der Waals surface area contributed by atoms with Gasteiger partial charge in [0, 0.05) is 16.1 Å². The molecule has 21 heavy (non-hydrogen) atoms. The lowest BCUT2D eigenvalue weighted by molar-refractivity contribution is 1.10. The van der Waals surface area contributed by atoms with E-state index in [0.29, 0.717) is 26.0 Å². The standard InChI is InChI=1S/C12H8Cl3N5S/c13-6-3-5(17-12-18-11(16)19-20-12)4-7(14)10(6)8-1-2-9(15)21-8/h1-4H,(H4,16,17,18,19,20). The number of benzene rings is 1. The van der Waals surface area contributed by atoms with Crippen LogP contribution in [0.1, 0.15) is 0 Å². The fourth-order valence-corrected chi connectivity index (χ4v) is 3.71. The fraction of sp³-hybridized carbons (Fsp3) is 0. The highest BCUT2D eigenvalue weighted by Gasteiger charge is 2.13. The molecule has 0 fully saturated rings. The first-order valence-electron chi connectivity index (χ1n) is 5.72. The Morgan fingerprint density at radius 1 is 1.14 bits per heavy atom. The minimum Gasteiger partial charge on any atom is -0.368 e. The van der Waals surface area contributed by atoms with E-state index in [1.165, 1.54) is 11.3 Å². The normalized spacial score (nSPS) is 10.8. The smallest absolute Gasteiger partial charge is 0.248 e. The van der Waals surface area contributed by atoms with Gasteiger partial charge in [-0.2, -0.15) is 4.98 Å². The molecule has 0 saturated carbocycles. The number of H-pyrrole nitrogens is 1. The van der Waals surface area contributed by atoms with Crippen molar-refractivity contribution in [2.45, 2.75) is 0 Å². The van der Waals surface area contributed by atoms with E-state index in [4.69, 9.17) is 40.5 Å². The summed E-state index contributed by atoms with van der Waals surface area (Å²) in [6.45, 7) is 0. The first kappa shape index (κ1) is 14.5. The van der Waals surface area contributed by atoms with Gasteiger partial charge in [-0.25, -0.2) is 5.10 Å². The van der Waals surface area contributed by atoms with E-state index in [9.17, 15) is 0 Å². The molecule has 0 bridgehead atoms. The fourth-order valence-electron chi connectivity index (χ4n) is 1.79. The van der Waals surface area contributed by atoms with Gasteiger partial charge in [0.15, 0.2) is 0 Å². The lowest BCUT2D eigenvalue weighted by Gasteiger charge is -2.09. The van der Waals surface area contributed by atoms with Crippen LogP contribution in [0.15, 0.2) is 24.3 Å². The van der Waals surface area contributed by atoms with Crippen LogP contribution in [0.5, 0.6) is 0 Å². The molecule has 0 amide bonds. The molecule has 2 aromatic heterocycles. The van der Waals surface area contributed by atoms with Gasteiger partial charge in [-0.05, 0) is 24.3 Å². The highest BCUT2D eigenvalue weighted by molar-refractivity contribution is 7.19. The van der Waals surface area contributed by atoms with E-state index < -0.39 is 0 Å². The molecule has 0 saturated heterocycles. The molecule has 2 heterocycles. The summed E-state index contributed by atoms with van der Waals surface area (Å²) in [5.41, 5.74) is 6.87. The summed E-state index contributed by atoms with van der Waals surface area (Å²) >= 11 is 20.0. The number of anilines is 3. The van der Waals surface area contributed by atoms with E-state index in [2.05, 4.69) is 20.5 Å². The van der Waals surface area contributed by atoms with Crippen LogP contribution < -0.4 is 11.1 Å². The van der Waals surface area contributed by atoms with E-state index in [1.54, 1.807) is 18.2 Å². The molecular weight excluding hydrogens is 353 g/mol. The van der Waals surface area contributed by atoms with Crippen molar-refractivity contribution >= 4 is 63.7 Å². The maximum Gasteiger partial charge on any atom is 0.248 e. The van der Waals surface area contributed by atoms with Crippen molar-refractivity contribution in [1.82, 2.24) is 15.2 Å². The topological polar surface area (TPSA) is 79.6 Å². The minimum absolute atomic E-state index is 0.222. The van der Waals surface area contributed by atoms with Crippen LogP contribution in [0.3, 0.4) is 0 Å². The number of hydrogen-bond donors (Lipinski definition) is 3. The number of nitrogen functional groups attached to an aromatic ring is 1. The number of thiophene rings is 1. The summed E-state index contributed by atoms with van der Waals surface area (Å²) < 4.78 is 0.676. The summed E-state index contributed by atoms with van der Waals surface area (Å²) in [6, 6.07) is 7.16. The number of rotatable bonds is 3. The second-order valence-corrected chi connectivity index (χ2v) is 6.62. The minimum atomic E-state index is 0.222. The number of nitrogens with two attached hydrogens (primary N) is 1. The molecule has 5 nitrogen and oxygen atoms in total. The predicted molar refractivity (Wildman–Crippen MR) is 88.9 cm³/mol. The van der Waals surface area contributed by atoms with E-state index >= 15 is 0 Å². The van der Waals surface area contributed by atoms with Gasteiger partial charge in [0.2, 0.25) is 11.9 Å². The molecule has 0 atom stereocenters. The zero-order valence-corrected chi connectivity index (χ0v) is 13.4. The van der Waals surface area contributed by atoms with Crippen LogP contribution in [0, 0.1) is 0 Å². The van der Waals surface area contributed by atoms with Gasteiger partial charge in [0.1, 0.15) is 0 Å². The highest BCUT2D eigenvalue weighted by Crippen LogP contribution is 2.41. The van der Waals surface area contributed by atoms with Gasteiger partial charge >= 0.3 is 0 Å². The maximum atomic E-state index is 6.32. The van der Waals surface area contributed by atoms with Crippen molar-refractivity contribution in [2.24, 2.45) is 0 Å². The Hall–Kier alpha value is -1.47. The van der Waals surface area contributed by atoms with E-state index in [1.807, 2.05) is 6.07 Å². The zero-order valence-electron chi connectivity index (χ0n) is 10.3. The van der Waals surface area contributed by atoms with Crippen LogP contribution in [0.4, 0.5) is 17.6 Å². The van der Waals surface area contributed by atoms with Crippen molar-refractivity contribution in [1.29, 1.82) is 0 Å². The molecule has 0 unspecified atom stereocenters. The SMILES string of the molecule is Nc1nc(Nc2cc(Cl)c(-c3ccc(Cl)s3)c(Cl)c2)n[nH]1. The third kappa shape index (κ3) is 3.08. The monoisotopic (exact) mass is 359 g/mol. The first-order chi connectivity index (χ1) is 10.0. The Morgan fingerprint density at radius 3 is 2.38 bits per heavy atom. The average molecular weight is 361 g/mol. The molecule has 0 aliphatic heterocycles. The second-order valence-electron chi connectivity index (χ2n) is 4.09. The summed E-state index contributed by atoms with van der Waals surface area (Å²) in [5.74, 6) is 0.561. The molecule has 0 aliphatic rings. The van der Waals surface area contributed by atoms with Crippen molar-refractivity contribution in [3.63, 3.8) is 0 Å². The van der Waals surface area contributed by atoms with Crippen LogP contribution in [-0.2, 0) is 0 Å². The van der Waals surface area contributed by atoms with Crippen LogP contribution >= 0.6 is 46.1 Å². The molecule has 4 N–H and O–H groups in total. The average Bonchev–Trinajstić information content (AvgIpc) is 2.98. The molecular formula is C12H8Cl3N5S. The van der Waals surface area contributed by atoms with Gasteiger partial charge in [0.05, 0.1) is 14.4 Å². The Morgan fingerprint density at radius 2 is 1.86 bits per heavy atom. The van der Waals surface area contributed by atoms with Crippen LogP contribution in [-0.4, -0.2) is 15.2 Å². The quantitative estimate of drug-likeness (QED) is 0.625. The van der Waals surface area contributed by atoms with Gasteiger partial charge in [0.25, 0.3) is 0 Å². The number of nitrogens with zero attached hydrogens (tertiary/aromatic N) is 2. The molecule has 0 aliphatic carbocycles. The zero-order chi connectivity index (χ0) is 15.0. The predicted octanol–water partition coefficient (Wildman–Crippen LogP) is 4.82. The van der Waals surface area contributed by atoms with E-state index in [0.717, 1.165) is 10.4 Å². The van der Waals surface area contributed by atoms with Gasteiger partial charge in [-0.15, -0.1) is 16.4 Å². The number of nitrogens with one attached hydrogen (secondary N) is 2. The van der Waals surface area contributed by atoms with Crippen LogP contribution in [0.2, 0.25) is 14.4 Å². The van der Waals surface area contributed by atoms with Crippen molar-refractivity contribution in [3.05, 3.63) is 38.6 Å². The summed E-state index contributed by atoms with van der Waals surface area (Å²) in [6.07, 6.45) is 0. The lowest BCUT2D eigenvalue weighted by Crippen LogP contribution is -1.94. The Labute approximate surface area is 139 Å². The summed E-state index contributed by atoms with van der Waals surface area (Å²) in [4.78, 5) is 4.85. The molecule has 108 valence electrons. The summed E-state index contributed by atoms with van der Waals surface area (Å²) in [5, 5.41) is 10.4. The number of halogens is 3. The Balaban J connectivity index is 1.96. The van der Waals surface area contributed by atoms with Gasteiger partial charge in [-0.1, -0.05) is 34.8 Å². The van der Waals surface area contributed by atoms with Crippen molar-refractivity contribution in [3.8, 4) is 10.4 Å². The number of hydrogen-bond acceptors (Lipinski definition) is 5. The Bertz CT molecular complexity index is 775. The van der Waals surface area contributed by atoms with Gasteiger partial charge in [-0.3, -0.25) is 0 Å². The number of aromatic amines is 1. The molecule has 0 radical (unpaired) electrons. The maximum absolute atomic E-state index is 6.32. The number of aromatic nitrogens is 3. The highest BCUT2D eigenvalue weighted by atomic mass is 35.5. The van der Waals surface area contributed by atoms with E-state index in [-0.39, 0.29) is 5.95 Å².